The molecule has 0 aliphatic carbocycles. The molecule has 5 nitrogen and oxygen atoms in total. The number of anilines is 2. The molecule has 198 valence electrons. The van der Waals surface area contributed by atoms with Crippen LogP contribution in [-0.4, -0.2) is 29.8 Å². The number of carbonyl (C=O) groups is 1. The molecule has 0 fully saturated rings. The highest BCUT2D eigenvalue weighted by atomic mass is 35.5. The highest BCUT2D eigenvalue weighted by molar-refractivity contribution is 6.33. The van der Waals surface area contributed by atoms with Crippen LogP contribution in [0.3, 0.4) is 0 Å². The molecule has 0 unspecified atom stereocenters. The molecule has 3 rings (SSSR count). The zero-order chi connectivity index (χ0) is 27.8. The monoisotopic (exact) mass is 545 g/mol. The number of pyridine rings is 1. The van der Waals surface area contributed by atoms with Crippen molar-refractivity contribution in [2.75, 3.05) is 24.0 Å². The van der Waals surface area contributed by atoms with Gasteiger partial charge in [-0.1, -0.05) is 29.8 Å². The summed E-state index contributed by atoms with van der Waals surface area (Å²) in [5.41, 5.74) is -4.37. The quantitative estimate of drug-likeness (QED) is 0.266. The van der Waals surface area contributed by atoms with Gasteiger partial charge in [0.25, 0.3) is 0 Å². The largest absolute Gasteiger partial charge is 0.416 e. The number of hydrogen-bond donors (Lipinski definition) is 2. The molecule has 12 heteroatoms. The van der Waals surface area contributed by atoms with Gasteiger partial charge in [-0.25, -0.2) is 4.98 Å². The van der Waals surface area contributed by atoms with E-state index in [-0.39, 0.29) is 18.5 Å². The zero-order valence-electron chi connectivity index (χ0n) is 19.8. The fourth-order valence-electron chi connectivity index (χ4n) is 3.45. The van der Waals surface area contributed by atoms with Crippen LogP contribution >= 0.6 is 11.6 Å². The molecule has 0 saturated carbocycles. The van der Waals surface area contributed by atoms with Crippen LogP contribution in [0.25, 0.3) is 11.1 Å². The number of aromatic nitrogens is 1. The summed E-state index contributed by atoms with van der Waals surface area (Å²) in [6.45, 7) is 2.06. The molecule has 0 radical (unpaired) electrons. The third kappa shape index (κ3) is 6.16. The van der Waals surface area contributed by atoms with Crippen molar-refractivity contribution in [3.05, 3.63) is 76.4 Å². The third-order valence-electron chi connectivity index (χ3n) is 5.78. The smallest absolute Gasteiger partial charge is 0.376 e. The molecule has 0 aliphatic rings. The van der Waals surface area contributed by atoms with Gasteiger partial charge >= 0.3 is 12.4 Å². The number of aliphatic hydroxyl groups excluding tert-OH is 1. The van der Waals surface area contributed by atoms with Crippen molar-refractivity contribution in [2.24, 2.45) is 0 Å². The minimum Gasteiger partial charge on any atom is -0.376 e. The minimum atomic E-state index is -5.06. The maximum absolute atomic E-state index is 13.4. The molecule has 1 amide bonds. The predicted octanol–water partition coefficient (Wildman–Crippen LogP) is 6.74. The standard InChI is InChI=1S/C25H22ClF6N3O2/c1-23(2,14-8-15(24(27,28)29)10-16(9-14)25(30,31)32)22(37)34-20-12-33-21(35(3)13-36)11-18(20)17-6-4-5-7-19(17)26/h4-12,36H,13H2,1-3H3,(H,34,37). The Kier molecular flexibility index (Phi) is 7.80. The molecule has 3 aromatic rings. The Morgan fingerprint density at radius 2 is 1.49 bits per heavy atom. The van der Waals surface area contributed by atoms with E-state index in [1.807, 2.05) is 0 Å². The van der Waals surface area contributed by atoms with Crippen LogP contribution in [0, 0.1) is 0 Å². The van der Waals surface area contributed by atoms with Gasteiger partial charge < -0.3 is 15.3 Å². The first kappa shape index (κ1) is 28.3. The minimum absolute atomic E-state index is 0.00724. The van der Waals surface area contributed by atoms with E-state index in [1.165, 1.54) is 31.0 Å². The second kappa shape index (κ2) is 10.2. The highest BCUT2D eigenvalue weighted by Gasteiger charge is 2.40. The van der Waals surface area contributed by atoms with Gasteiger partial charge in [0.2, 0.25) is 5.91 Å². The molecule has 0 atom stereocenters. The van der Waals surface area contributed by atoms with Crippen molar-refractivity contribution < 1.29 is 36.2 Å². The molecule has 2 aromatic carbocycles. The predicted molar refractivity (Wildman–Crippen MR) is 128 cm³/mol. The fourth-order valence-corrected chi connectivity index (χ4v) is 3.69. The Hall–Kier alpha value is -3.31. The molecule has 2 N–H and O–H groups in total. The van der Waals surface area contributed by atoms with Crippen molar-refractivity contribution in [3.8, 4) is 11.1 Å². The number of rotatable bonds is 6. The van der Waals surface area contributed by atoms with Gasteiger partial charge in [-0.05, 0) is 49.7 Å². The molecular weight excluding hydrogens is 524 g/mol. The number of aliphatic hydroxyl groups is 1. The first-order valence-corrected chi connectivity index (χ1v) is 11.1. The average Bonchev–Trinajstić information content (AvgIpc) is 2.82. The van der Waals surface area contributed by atoms with Crippen molar-refractivity contribution in [3.63, 3.8) is 0 Å². The van der Waals surface area contributed by atoms with E-state index in [1.54, 1.807) is 31.3 Å². The maximum Gasteiger partial charge on any atom is 0.416 e. The molecule has 1 aromatic heterocycles. The first-order chi connectivity index (χ1) is 17.1. The summed E-state index contributed by atoms with van der Waals surface area (Å²) in [5.74, 6) is -0.555. The van der Waals surface area contributed by atoms with Gasteiger partial charge in [-0.15, -0.1) is 0 Å². The van der Waals surface area contributed by atoms with Crippen LogP contribution in [0.15, 0.2) is 54.7 Å². The SMILES string of the molecule is CN(CO)c1cc(-c2ccccc2Cl)c(NC(=O)C(C)(C)c2cc(C(F)(F)F)cc(C(F)(F)F)c2)cn1. The summed E-state index contributed by atoms with van der Waals surface area (Å²) in [6, 6.07) is 9.23. The van der Waals surface area contributed by atoms with Gasteiger partial charge in [0.15, 0.2) is 0 Å². The maximum atomic E-state index is 13.4. The molecule has 0 aliphatic heterocycles. The number of halogens is 7. The average molecular weight is 546 g/mol. The van der Waals surface area contributed by atoms with E-state index in [4.69, 9.17) is 11.6 Å². The normalized spacial score (nSPS) is 12.4. The summed E-state index contributed by atoms with van der Waals surface area (Å²) in [7, 11) is 1.56. The number of nitrogens with one attached hydrogen (secondary N) is 1. The van der Waals surface area contributed by atoms with Gasteiger partial charge in [-0.3, -0.25) is 4.79 Å². The second-order valence-electron chi connectivity index (χ2n) is 8.78. The molecule has 0 spiro atoms. The summed E-state index contributed by atoms with van der Waals surface area (Å²) in [4.78, 5) is 18.9. The van der Waals surface area contributed by atoms with E-state index >= 15 is 0 Å². The Morgan fingerprint density at radius 3 is 2.00 bits per heavy atom. The fraction of sp³-hybridized carbons (Fsp3) is 0.280. The molecular formula is C25H22ClF6N3O2. The van der Waals surface area contributed by atoms with Gasteiger partial charge in [0.1, 0.15) is 12.5 Å². The Bertz CT molecular complexity index is 1280. The summed E-state index contributed by atoms with van der Waals surface area (Å²) < 4.78 is 80.2. The number of alkyl halides is 6. The Balaban J connectivity index is 2.09. The zero-order valence-corrected chi connectivity index (χ0v) is 20.6. The number of hydrogen-bond acceptors (Lipinski definition) is 4. The van der Waals surface area contributed by atoms with Crippen molar-refractivity contribution in [1.29, 1.82) is 0 Å². The lowest BCUT2D eigenvalue weighted by atomic mass is 9.81. The summed E-state index contributed by atoms with van der Waals surface area (Å²) in [5, 5.41) is 12.3. The number of benzene rings is 2. The molecule has 37 heavy (non-hydrogen) atoms. The highest BCUT2D eigenvalue weighted by Crippen LogP contribution is 2.40. The summed E-state index contributed by atoms with van der Waals surface area (Å²) in [6.07, 6.45) is -8.85. The Labute approximate surface area is 213 Å². The van der Waals surface area contributed by atoms with Crippen molar-refractivity contribution >= 4 is 29.0 Å². The van der Waals surface area contributed by atoms with Crippen LogP contribution in [0.2, 0.25) is 5.02 Å². The topological polar surface area (TPSA) is 65.5 Å². The van der Waals surface area contributed by atoms with E-state index in [9.17, 15) is 36.2 Å². The van der Waals surface area contributed by atoms with Gasteiger partial charge in [0.05, 0.1) is 28.4 Å². The number of nitrogens with zero attached hydrogens (tertiary/aromatic N) is 2. The van der Waals surface area contributed by atoms with Crippen LogP contribution in [0.5, 0.6) is 0 Å². The van der Waals surface area contributed by atoms with E-state index in [2.05, 4.69) is 10.3 Å². The lowest BCUT2D eigenvalue weighted by molar-refractivity contribution is -0.143. The van der Waals surface area contributed by atoms with Gasteiger partial charge in [0, 0.05) is 23.2 Å². The van der Waals surface area contributed by atoms with Crippen LogP contribution in [0.1, 0.15) is 30.5 Å². The number of amides is 1. The molecule has 0 bridgehead atoms. The molecule has 1 heterocycles. The van der Waals surface area contributed by atoms with Gasteiger partial charge in [-0.2, -0.15) is 26.3 Å². The Morgan fingerprint density at radius 1 is 0.946 bits per heavy atom. The third-order valence-corrected chi connectivity index (χ3v) is 6.11. The summed E-state index contributed by atoms with van der Waals surface area (Å²) >= 11 is 6.33. The van der Waals surface area contributed by atoms with Crippen LogP contribution in [0.4, 0.5) is 37.8 Å². The number of carbonyl (C=O) groups excluding carboxylic acids is 1. The first-order valence-electron chi connectivity index (χ1n) is 10.7. The second-order valence-corrected chi connectivity index (χ2v) is 9.19. The lowest BCUT2D eigenvalue weighted by Gasteiger charge is -2.27. The van der Waals surface area contributed by atoms with E-state index in [0.29, 0.717) is 34.1 Å². The molecule has 0 saturated heterocycles. The van der Waals surface area contributed by atoms with Crippen molar-refractivity contribution in [1.82, 2.24) is 4.98 Å². The van der Waals surface area contributed by atoms with Crippen molar-refractivity contribution in [2.45, 2.75) is 31.6 Å². The van der Waals surface area contributed by atoms with E-state index < -0.39 is 40.4 Å². The van der Waals surface area contributed by atoms with Crippen LogP contribution < -0.4 is 10.2 Å². The lowest BCUT2D eigenvalue weighted by Crippen LogP contribution is -2.35. The van der Waals surface area contributed by atoms with Crippen LogP contribution in [-0.2, 0) is 22.6 Å². The van der Waals surface area contributed by atoms with E-state index in [0.717, 1.165) is 0 Å².